The molecule has 4 aromatic rings. The quantitative estimate of drug-likeness (QED) is 0.204. The van der Waals surface area contributed by atoms with Crippen molar-refractivity contribution in [3.8, 4) is 11.5 Å². The van der Waals surface area contributed by atoms with Crippen molar-refractivity contribution in [2.24, 2.45) is 0 Å². The Morgan fingerprint density at radius 2 is 1.54 bits per heavy atom. The van der Waals surface area contributed by atoms with Crippen molar-refractivity contribution in [2.75, 3.05) is 30.4 Å². The molecule has 39 heavy (non-hydrogen) atoms. The van der Waals surface area contributed by atoms with Crippen LogP contribution in [0.25, 0.3) is 0 Å². The first-order valence-corrected chi connectivity index (χ1v) is 14.7. The lowest BCUT2D eigenvalue weighted by Gasteiger charge is -2.24. The monoisotopic (exact) mass is 582 g/mol. The van der Waals surface area contributed by atoms with Crippen LogP contribution in [0.3, 0.4) is 0 Å². The van der Waals surface area contributed by atoms with Crippen LogP contribution in [-0.2, 0) is 20.6 Å². The van der Waals surface area contributed by atoms with Gasteiger partial charge >= 0.3 is 0 Å². The van der Waals surface area contributed by atoms with Crippen LogP contribution in [0.2, 0.25) is 5.02 Å². The highest BCUT2D eigenvalue weighted by Crippen LogP contribution is 2.32. The summed E-state index contributed by atoms with van der Waals surface area (Å²) in [5.41, 5.74) is 1.95. The van der Waals surface area contributed by atoms with E-state index in [2.05, 4.69) is 17.4 Å². The molecule has 202 valence electrons. The molecule has 1 N–H and O–H groups in total. The summed E-state index contributed by atoms with van der Waals surface area (Å²) in [6, 6.07) is 28.1. The fraction of sp³-hybridized carbons (Fsp3) is 0.138. The molecule has 1 amide bonds. The van der Waals surface area contributed by atoms with Crippen molar-refractivity contribution >= 4 is 50.7 Å². The number of hydrogen-bond acceptors (Lipinski definition) is 6. The molecule has 0 unspecified atom stereocenters. The van der Waals surface area contributed by atoms with Gasteiger partial charge in [0.2, 0.25) is 5.91 Å². The first-order chi connectivity index (χ1) is 18.8. The molecule has 4 aromatic carbocycles. The van der Waals surface area contributed by atoms with E-state index in [0.717, 1.165) is 15.6 Å². The van der Waals surface area contributed by atoms with E-state index < -0.39 is 22.5 Å². The molecule has 0 saturated heterocycles. The highest BCUT2D eigenvalue weighted by molar-refractivity contribution is 7.98. The van der Waals surface area contributed by atoms with E-state index in [9.17, 15) is 13.2 Å². The lowest BCUT2D eigenvalue weighted by Crippen LogP contribution is -2.38. The maximum atomic E-state index is 13.7. The third kappa shape index (κ3) is 7.26. The van der Waals surface area contributed by atoms with Gasteiger partial charge in [0.25, 0.3) is 10.0 Å². The molecule has 0 spiro atoms. The fourth-order valence-electron chi connectivity index (χ4n) is 3.73. The number of anilines is 2. The number of sulfonamides is 1. The lowest BCUT2D eigenvalue weighted by molar-refractivity contribution is -0.114. The molecule has 0 saturated carbocycles. The minimum Gasteiger partial charge on any atom is -0.493 e. The van der Waals surface area contributed by atoms with Crippen LogP contribution in [0.5, 0.6) is 11.5 Å². The number of rotatable bonds is 11. The Bertz CT molecular complexity index is 1510. The highest BCUT2D eigenvalue weighted by atomic mass is 35.5. The molecule has 0 fully saturated rings. The summed E-state index contributed by atoms with van der Waals surface area (Å²) in [6.45, 7) is -0.454. The fourth-order valence-corrected chi connectivity index (χ4v) is 6.16. The number of carbonyl (C=O) groups is 1. The highest BCUT2D eigenvalue weighted by Gasteiger charge is 2.28. The molecule has 0 radical (unpaired) electrons. The van der Waals surface area contributed by atoms with Crippen LogP contribution in [0.15, 0.2) is 107 Å². The van der Waals surface area contributed by atoms with Gasteiger partial charge in [-0.25, -0.2) is 8.42 Å². The Hall–Kier alpha value is -3.66. The zero-order valence-electron chi connectivity index (χ0n) is 21.3. The number of nitrogens with zero attached hydrogens (tertiary/aromatic N) is 1. The molecular weight excluding hydrogens is 556 g/mol. The average Bonchev–Trinajstić information content (AvgIpc) is 2.96. The number of thioether (sulfide) groups is 1. The molecule has 0 atom stereocenters. The Labute approximate surface area is 237 Å². The number of halogens is 1. The first kappa shape index (κ1) is 28.4. The Morgan fingerprint density at radius 3 is 2.18 bits per heavy atom. The second-order valence-electron chi connectivity index (χ2n) is 8.35. The third-order valence-electron chi connectivity index (χ3n) is 5.73. The largest absolute Gasteiger partial charge is 0.493 e. The number of nitrogens with one attached hydrogen (secondary N) is 1. The Kier molecular flexibility index (Phi) is 9.40. The van der Waals surface area contributed by atoms with Gasteiger partial charge < -0.3 is 14.8 Å². The van der Waals surface area contributed by atoms with Crippen molar-refractivity contribution in [1.82, 2.24) is 0 Å². The average molecular weight is 583 g/mol. The molecule has 0 aliphatic heterocycles. The maximum absolute atomic E-state index is 13.7. The number of amides is 1. The molecular formula is C29H27ClN2O5S2. The summed E-state index contributed by atoms with van der Waals surface area (Å²) in [5.74, 6) is 0.925. The molecule has 7 nitrogen and oxygen atoms in total. The predicted octanol–water partition coefficient (Wildman–Crippen LogP) is 6.48. The normalized spacial score (nSPS) is 11.1. The standard InChI is InChI=1S/C29H27ClN2O5S2/c1-36-27-17-16-26(18-28(27)37-2)39(34,35)32(24-14-10-22(30)11-15-24)19-29(33)31-23-12-8-21(9-13-23)20-38-25-6-4-3-5-7-25/h3-18H,19-20H2,1-2H3,(H,31,33). The van der Waals surface area contributed by atoms with Gasteiger partial charge in [0.1, 0.15) is 6.54 Å². The van der Waals surface area contributed by atoms with E-state index >= 15 is 0 Å². The summed E-state index contributed by atoms with van der Waals surface area (Å²) in [6.07, 6.45) is 0. The summed E-state index contributed by atoms with van der Waals surface area (Å²) < 4.78 is 39.0. The third-order valence-corrected chi connectivity index (χ3v) is 8.84. The van der Waals surface area contributed by atoms with Gasteiger partial charge in [0.05, 0.1) is 24.8 Å². The molecule has 0 aliphatic rings. The van der Waals surface area contributed by atoms with Crippen LogP contribution < -0.4 is 19.1 Å². The molecule has 4 rings (SSSR count). The zero-order valence-corrected chi connectivity index (χ0v) is 23.7. The van der Waals surface area contributed by atoms with Crippen LogP contribution in [0.4, 0.5) is 11.4 Å². The summed E-state index contributed by atoms with van der Waals surface area (Å²) in [4.78, 5) is 14.2. The summed E-state index contributed by atoms with van der Waals surface area (Å²) in [7, 11) is -1.28. The van der Waals surface area contributed by atoms with Crippen LogP contribution in [0, 0.1) is 0 Å². The van der Waals surface area contributed by atoms with E-state index in [1.165, 1.54) is 37.3 Å². The van der Waals surface area contributed by atoms with Crippen LogP contribution in [-0.4, -0.2) is 35.1 Å². The van der Waals surface area contributed by atoms with Gasteiger partial charge in [-0.2, -0.15) is 0 Å². The minimum atomic E-state index is -4.16. The molecule has 10 heteroatoms. The molecule has 0 bridgehead atoms. The van der Waals surface area contributed by atoms with Gasteiger partial charge in [-0.3, -0.25) is 9.10 Å². The van der Waals surface area contributed by atoms with E-state index in [1.54, 1.807) is 48.2 Å². The number of benzene rings is 4. The van der Waals surface area contributed by atoms with Crippen molar-refractivity contribution < 1.29 is 22.7 Å². The van der Waals surface area contributed by atoms with Gasteiger partial charge in [0.15, 0.2) is 11.5 Å². The second-order valence-corrected chi connectivity index (χ2v) is 11.7. The zero-order chi connectivity index (χ0) is 27.8. The first-order valence-electron chi connectivity index (χ1n) is 11.9. The van der Waals surface area contributed by atoms with Crippen molar-refractivity contribution in [1.29, 1.82) is 0 Å². The van der Waals surface area contributed by atoms with Crippen molar-refractivity contribution in [2.45, 2.75) is 15.5 Å². The van der Waals surface area contributed by atoms with Gasteiger partial charge in [-0.15, -0.1) is 11.8 Å². The topological polar surface area (TPSA) is 84.9 Å². The maximum Gasteiger partial charge on any atom is 0.264 e. The summed E-state index contributed by atoms with van der Waals surface area (Å²) in [5, 5.41) is 3.24. The lowest BCUT2D eigenvalue weighted by atomic mass is 10.2. The summed E-state index contributed by atoms with van der Waals surface area (Å²) >= 11 is 7.74. The van der Waals surface area contributed by atoms with Crippen molar-refractivity contribution in [3.05, 3.63) is 108 Å². The molecule has 0 aliphatic carbocycles. The van der Waals surface area contributed by atoms with Gasteiger partial charge in [0, 0.05) is 27.4 Å². The van der Waals surface area contributed by atoms with E-state index in [-0.39, 0.29) is 16.3 Å². The van der Waals surface area contributed by atoms with Crippen molar-refractivity contribution in [3.63, 3.8) is 0 Å². The van der Waals surface area contributed by atoms with Gasteiger partial charge in [-0.1, -0.05) is 41.9 Å². The molecule has 0 aromatic heterocycles. The number of methoxy groups -OCH3 is 2. The SMILES string of the molecule is COc1ccc(S(=O)(=O)N(CC(=O)Nc2ccc(CSc3ccccc3)cc2)c2ccc(Cl)cc2)cc1OC. The number of hydrogen-bond donors (Lipinski definition) is 1. The van der Waals surface area contributed by atoms with E-state index in [0.29, 0.717) is 16.5 Å². The van der Waals surface area contributed by atoms with E-state index in [1.807, 2.05) is 30.3 Å². The van der Waals surface area contributed by atoms with Crippen LogP contribution in [0.1, 0.15) is 5.56 Å². The number of ether oxygens (including phenoxy) is 2. The molecule has 0 heterocycles. The minimum absolute atomic E-state index is 0.0526. The van der Waals surface area contributed by atoms with Crippen LogP contribution >= 0.6 is 23.4 Å². The second kappa shape index (κ2) is 12.9. The Balaban J connectivity index is 1.52. The number of carbonyl (C=O) groups excluding carboxylic acids is 1. The van der Waals surface area contributed by atoms with Gasteiger partial charge in [-0.05, 0) is 66.2 Å². The Morgan fingerprint density at radius 1 is 0.872 bits per heavy atom. The smallest absolute Gasteiger partial charge is 0.264 e. The van der Waals surface area contributed by atoms with E-state index in [4.69, 9.17) is 21.1 Å². The predicted molar refractivity (Wildman–Crippen MR) is 157 cm³/mol.